The van der Waals surface area contributed by atoms with Crippen LogP contribution in [0, 0.1) is 9.64 Å². The number of nitrogens with zero attached hydrogens (tertiary/aromatic N) is 1. The zero-order chi connectivity index (χ0) is 11.7. The summed E-state index contributed by atoms with van der Waals surface area (Å²) in [5.74, 6) is 0. The van der Waals surface area contributed by atoms with Crippen LogP contribution >= 0.6 is 38.5 Å². The van der Waals surface area contributed by atoms with Crippen molar-refractivity contribution in [3.05, 3.63) is 54.8 Å². The van der Waals surface area contributed by atoms with Gasteiger partial charge in [0.15, 0.2) is 0 Å². The molecule has 0 unspecified atom stereocenters. The van der Waals surface area contributed by atoms with Crippen molar-refractivity contribution in [2.24, 2.45) is 7.05 Å². The number of hydrogen-bond acceptors (Lipinski definition) is 1. The molecule has 0 saturated heterocycles. The first kappa shape index (κ1) is 15.5. The van der Waals surface area contributed by atoms with Crippen molar-refractivity contribution in [3.8, 4) is 11.3 Å². The summed E-state index contributed by atoms with van der Waals surface area (Å²) in [5.41, 5.74) is 1.77. The second-order valence-electron chi connectivity index (χ2n) is 3.33. The molecular formula is C12H8BrINOY-. The molecule has 0 aliphatic heterocycles. The Morgan fingerprint density at radius 2 is 2.00 bits per heavy atom. The van der Waals surface area contributed by atoms with Gasteiger partial charge in [0.05, 0.1) is 0 Å². The van der Waals surface area contributed by atoms with Crippen molar-refractivity contribution in [3.63, 3.8) is 0 Å². The zero-order valence-corrected chi connectivity index (χ0v) is 15.7. The molecule has 0 spiro atoms. The van der Waals surface area contributed by atoms with Crippen LogP contribution in [0.1, 0.15) is 0 Å². The summed E-state index contributed by atoms with van der Waals surface area (Å²) in [6.07, 6.45) is 0. The molecule has 0 bridgehead atoms. The molecule has 1 radical (unpaired) electrons. The minimum atomic E-state index is 0. The molecule has 1 heterocycles. The van der Waals surface area contributed by atoms with Crippen molar-refractivity contribution in [2.75, 3.05) is 0 Å². The molecule has 0 N–H and O–H groups in total. The minimum Gasteiger partial charge on any atom is -0.345 e. The monoisotopic (exact) mass is 477 g/mol. The second kappa shape index (κ2) is 6.59. The average molecular weight is 478 g/mol. The first-order valence-electron chi connectivity index (χ1n) is 4.63. The van der Waals surface area contributed by atoms with Crippen LogP contribution in [0.25, 0.3) is 11.3 Å². The van der Waals surface area contributed by atoms with E-state index >= 15 is 0 Å². The summed E-state index contributed by atoms with van der Waals surface area (Å²) in [6.45, 7) is 0. The fourth-order valence-electron chi connectivity index (χ4n) is 1.46. The minimum absolute atomic E-state index is 0. The first-order chi connectivity index (χ1) is 7.61. The normalized spacial score (nSPS) is 9.82. The SMILES string of the molecule is Cn1c(-c2ccccc2Br)[c-]cc(I)c1=O.[Y]. The van der Waals surface area contributed by atoms with Crippen LogP contribution in [0.5, 0.6) is 0 Å². The maximum Gasteiger partial charge on any atom is 0.207 e. The molecule has 0 amide bonds. The van der Waals surface area contributed by atoms with Crippen molar-refractivity contribution < 1.29 is 32.7 Å². The number of benzene rings is 1. The predicted octanol–water partition coefficient (Wildman–Crippen LogP) is 3.22. The Balaban J connectivity index is 0.00000144. The third-order valence-electron chi connectivity index (χ3n) is 2.31. The summed E-state index contributed by atoms with van der Waals surface area (Å²) in [4.78, 5) is 11.8. The van der Waals surface area contributed by atoms with E-state index in [4.69, 9.17) is 0 Å². The fourth-order valence-corrected chi connectivity index (χ4v) is 2.45. The maximum absolute atomic E-state index is 11.8. The van der Waals surface area contributed by atoms with Crippen molar-refractivity contribution >= 4 is 38.5 Å². The quantitative estimate of drug-likeness (QED) is 0.457. The summed E-state index contributed by atoms with van der Waals surface area (Å²) >= 11 is 5.49. The average Bonchev–Trinajstić information content (AvgIpc) is 2.28. The maximum atomic E-state index is 11.8. The Hall–Kier alpha value is 0.484. The van der Waals surface area contributed by atoms with Crippen molar-refractivity contribution in [1.29, 1.82) is 0 Å². The number of hydrogen-bond donors (Lipinski definition) is 0. The second-order valence-corrected chi connectivity index (χ2v) is 5.35. The van der Waals surface area contributed by atoms with Crippen molar-refractivity contribution in [1.82, 2.24) is 4.57 Å². The Morgan fingerprint density at radius 1 is 1.35 bits per heavy atom. The van der Waals surface area contributed by atoms with Crippen LogP contribution in [0.2, 0.25) is 0 Å². The van der Waals surface area contributed by atoms with Gasteiger partial charge in [-0.1, -0.05) is 45.4 Å². The zero-order valence-electron chi connectivity index (χ0n) is 9.08. The molecule has 0 atom stereocenters. The largest absolute Gasteiger partial charge is 0.345 e. The van der Waals surface area contributed by atoms with Crippen LogP contribution in [0.15, 0.2) is 39.6 Å². The standard InChI is InChI=1S/C12H8BrINO.Y/c1-15-11(7-6-10(14)12(15)16)8-4-2-3-5-9(8)13;/h2-6H,1H3;/q-1;. The molecular weight excluding hydrogens is 470 g/mol. The Morgan fingerprint density at radius 3 is 2.65 bits per heavy atom. The van der Waals surface area contributed by atoms with Gasteiger partial charge in [0, 0.05) is 39.8 Å². The van der Waals surface area contributed by atoms with Gasteiger partial charge in [-0.3, -0.25) is 4.79 Å². The van der Waals surface area contributed by atoms with E-state index in [9.17, 15) is 4.79 Å². The topological polar surface area (TPSA) is 22.0 Å². The van der Waals surface area contributed by atoms with Crippen LogP contribution in [0.4, 0.5) is 0 Å². The predicted molar refractivity (Wildman–Crippen MR) is 76.4 cm³/mol. The number of rotatable bonds is 1. The number of aromatic nitrogens is 1. The first-order valence-corrected chi connectivity index (χ1v) is 6.50. The third-order valence-corrected chi connectivity index (χ3v) is 3.77. The Bertz CT molecular complexity index is 597. The molecule has 1 aromatic heterocycles. The van der Waals surface area contributed by atoms with Crippen LogP contribution in [-0.2, 0) is 39.8 Å². The van der Waals surface area contributed by atoms with Crippen LogP contribution < -0.4 is 5.56 Å². The van der Waals surface area contributed by atoms with Gasteiger partial charge in [0.25, 0.3) is 0 Å². The van der Waals surface area contributed by atoms with Gasteiger partial charge in [0.1, 0.15) is 0 Å². The van der Waals surface area contributed by atoms with Gasteiger partial charge in [-0.05, 0) is 8.04 Å². The molecule has 0 saturated carbocycles. The van der Waals surface area contributed by atoms with Gasteiger partial charge in [-0.2, -0.15) is 12.1 Å². The summed E-state index contributed by atoms with van der Waals surface area (Å²) in [5, 5.41) is 0. The molecule has 0 fully saturated rings. The molecule has 1 aromatic carbocycles. The molecule has 2 nitrogen and oxygen atoms in total. The molecule has 5 heteroatoms. The van der Waals surface area contributed by atoms with Crippen LogP contribution in [-0.4, -0.2) is 4.57 Å². The molecule has 85 valence electrons. The van der Waals surface area contributed by atoms with E-state index in [2.05, 4.69) is 22.0 Å². The van der Waals surface area contributed by atoms with Crippen molar-refractivity contribution in [2.45, 2.75) is 0 Å². The molecule has 0 aliphatic carbocycles. The number of halogens is 2. The van der Waals surface area contributed by atoms with E-state index in [1.807, 2.05) is 46.9 Å². The summed E-state index contributed by atoms with van der Waals surface area (Å²) in [6, 6.07) is 12.6. The van der Waals surface area contributed by atoms with Crippen LogP contribution in [0.3, 0.4) is 0 Å². The van der Waals surface area contributed by atoms with Gasteiger partial charge in [-0.15, -0.1) is 28.7 Å². The van der Waals surface area contributed by atoms with Gasteiger partial charge in [-0.25, -0.2) is 0 Å². The summed E-state index contributed by atoms with van der Waals surface area (Å²) in [7, 11) is 1.76. The van der Waals surface area contributed by atoms with E-state index < -0.39 is 0 Å². The van der Waals surface area contributed by atoms with E-state index in [0.717, 1.165) is 15.7 Å². The smallest absolute Gasteiger partial charge is 0.207 e. The van der Waals surface area contributed by atoms with Gasteiger partial charge >= 0.3 is 0 Å². The van der Waals surface area contributed by atoms with E-state index in [-0.39, 0.29) is 38.3 Å². The Kier molecular flexibility index (Phi) is 6.03. The molecule has 0 aliphatic rings. The Labute approximate surface area is 147 Å². The third kappa shape index (κ3) is 3.28. The molecule has 2 rings (SSSR count). The van der Waals surface area contributed by atoms with E-state index in [1.165, 1.54) is 0 Å². The van der Waals surface area contributed by atoms with Gasteiger partial charge in [0.2, 0.25) is 5.56 Å². The summed E-state index contributed by atoms with van der Waals surface area (Å²) < 4.78 is 3.25. The van der Waals surface area contributed by atoms with E-state index in [0.29, 0.717) is 3.57 Å². The number of pyridine rings is 1. The van der Waals surface area contributed by atoms with E-state index in [1.54, 1.807) is 17.7 Å². The molecule has 17 heavy (non-hydrogen) atoms. The van der Waals surface area contributed by atoms with Gasteiger partial charge < -0.3 is 4.57 Å². The molecule has 2 aromatic rings. The fraction of sp³-hybridized carbons (Fsp3) is 0.0833.